The minimum Gasteiger partial charge on any atom is -0.382 e. The van der Waals surface area contributed by atoms with Gasteiger partial charge in [-0.2, -0.15) is 0 Å². The molecule has 0 bridgehead atoms. The third-order valence-electron chi connectivity index (χ3n) is 7.67. The number of hydrogen-bond acceptors (Lipinski definition) is 10. The van der Waals surface area contributed by atoms with Gasteiger partial charge in [0, 0.05) is 31.1 Å². The first-order valence-corrected chi connectivity index (χ1v) is 15.1. The maximum Gasteiger partial charge on any atom is 0.264 e. The fraction of sp³-hybridized carbons (Fsp3) is 0.633. The summed E-state index contributed by atoms with van der Waals surface area (Å²) in [6, 6.07) is 3.91. The lowest BCUT2D eigenvalue weighted by molar-refractivity contribution is -0.136. The number of piperidine rings is 1. The van der Waals surface area contributed by atoms with E-state index in [1.807, 2.05) is 0 Å². The molecule has 1 aromatic carbocycles. The largest absolute Gasteiger partial charge is 0.382 e. The van der Waals surface area contributed by atoms with Crippen LogP contribution in [0.1, 0.15) is 65.7 Å². The minimum absolute atomic E-state index is 0.0706. The molecule has 4 rings (SSSR count). The van der Waals surface area contributed by atoms with Crippen molar-refractivity contribution in [3.63, 3.8) is 0 Å². The highest BCUT2D eigenvalue weighted by atomic mass is 16.6. The van der Waals surface area contributed by atoms with E-state index in [-0.39, 0.29) is 35.8 Å². The summed E-state index contributed by atoms with van der Waals surface area (Å²) in [6.07, 6.45) is 5.67. The third-order valence-corrected chi connectivity index (χ3v) is 7.67. The van der Waals surface area contributed by atoms with E-state index in [0.29, 0.717) is 71.6 Å². The Morgan fingerprint density at radius 1 is 0.791 bits per heavy atom. The minimum atomic E-state index is -1.00. The van der Waals surface area contributed by atoms with E-state index in [9.17, 15) is 24.0 Å². The maximum absolute atomic E-state index is 13.1. The number of fused-ring (bicyclic) bond motifs is 1. The number of hydrogen-bond donors (Lipinski definition) is 3. The normalized spacial score (nSPS) is 19.0. The van der Waals surface area contributed by atoms with E-state index in [0.717, 1.165) is 30.6 Å². The van der Waals surface area contributed by atoms with Crippen molar-refractivity contribution in [3.05, 3.63) is 29.3 Å². The molecule has 13 nitrogen and oxygen atoms in total. The molecule has 1 atom stereocenters. The standard InChI is InChI=1S/C30H42N4O9/c35-25-10-9-24(28(37)33-25)34-29(38)22-7-4-8-23(26(22)30(34)39)31-11-13-40-15-17-42-19-20-43-18-16-41-14-12-32-27(36)21-5-2-1-3-6-21/h4,7-8,21,24,31H,1-3,5-6,9-20H2,(H,32,36)(H,33,35,37). The van der Waals surface area contributed by atoms with Crippen molar-refractivity contribution in [1.29, 1.82) is 0 Å². The van der Waals surface area contributed by atoms with Gasteiger partial charge in [0.05, 0.1) is 64.0 Å². The number of nitrogens with zero attached hydrogens (tertiary/aromatic N) is 1. The summed E-state index contributed by atoms with van der Waals surface area (Å²) in [5.41, 5.74) is 0.921. The molecule has 3 N–H and O–H groups in total. The topological polar surface area (TPSA) is 162 Å². The summed E-state index contributed by atoms with van der Waals surface area (Å²) in [5.74, 6) is -1.85. The molecule has 43 heavy (non-hydrogen) atoms. The van der Waals surface area contributed by atoms with Crippen molar-refractivity contribution in [3.8, 4) is 0 Å². The van der Waals surface area contributed by atoms with E-state index in [4.69, 9.17) is 18.9 Å². The molecular weight excluding hydrogens is 560 g/mol. The van der Waals surface area contributed by atoms with Gasteiger partial charge >= 0.3 is 0 Å². The molecule has 0 aromatic heterocycles. The van der Waals surface area contributed by atoms with E-state index >= 15 is 0 Å². The van der Waals surface area contributed by atoms with E-state index < -0.39 is 29.7 Å². The molecule has 2 aliphatic heterocycles. The molecule has 1 aliphatic carbocycles. The molecule has 5 amide bonds. The van der Waals surface area contributed by atoms with Gasteiger partial charge in [-0.1, -0.05) is 25.3 Å². The number of nitrogens with one attached hydrogen (secondary N) is 3. The molecule has 0 spiro atoms. The van der Waals surface area contributed by atoms with Crippen LogP contribution in [-0.2, 0) is 33.3 Å². The summed E-state index contributed by atoms with van der Waals surface area (Å²) < 4.78 is 22.0. The zero-order valence-electron chi connectivity index (χ0n) is 24.5. The molecule has 1 aromatic rings. The predicted octanol–water partition coefficient (Wildman–Crippen LogP) is 1.26. The van der Waals surface area contributed by atoms with Crippen molar-refractivity contribution < 1.29 is 42.9 Å². The van der Waals surface area contributed by atoms with Crippen molar-refractivity contribution in [2.45, 2.75) is 51.0 Å². The van der Waals surface area contributed by atoms with Crippen LogP contribution in [0.3, 0.4) is 0 Å². The van der Waals surface area contributed by atoms with Crippen molar-refractivity contribution in [2.24, 2.45) is 5.92 Å². The number of anilines is 1. The molecule has 0 radical (unpaired) electrons. The zero-order valence-corrected chi connectivity index (χ0v) is 24.5. The second kappa shape index (κ2) is 17.0. The van der Waals surface area contributed by atoms with Crippen molar-refractivity contribution in [2.75, 3.05) is 71.3 Å². The summed E-state index contributed by atoms with van der Waals surface area (Å²) in [4.78, 5) is 62.8. The van der Waals surface area contributed by atoms with E-state index in [1.165, 1.54) is 6.42 Å². The Morgan fingerprint density at radius 2 is 1.42 bits per heavy atom. The Kier molecular flexibility index (Phi) is 12.9. The van der Waals surface area contributed by atoms with Crippen LogP contribution in [0.2, 0.25) is 0 Å². The van der Waals surface area contributed by atoms with E-state index in [1.54, 1.807) is 18.2 Å². The number of carbonyl (C=O) groups is 5. The molecule has 236 valence electrons. The maximum atomic E-state index is 13.1. The summed E-state index contributed by atoms with van der Waals surface area (Å²) in [6.45, 7) is 4.26. The van der Waals surface area contributed by atoms with E-state index in [2.05, 4.69) is 16.0 Å². The molecule has 1 saturated carbocycles. The van der Waals surface area contributed by atoms with Gasteiger partial charge in [0.1, 0.15) is 6.04 Å². The quantitative estimate of drug-likeness (QED) is 0.165. The molecule has 13 heteroatoms. The average Bonchev–Trinajstić information content (AvgIpc) is 3.27. The SMILES string of the molecule is O=C1CCC(N2C(=O)c3cccc(NCCOCCOCCOCCOCCNC(=O)C4CCCCC4)c3C2=O)C(=O)N1. The highest BCUT2D eigenvalue weighted by molar-refractivity contribution is 6.25. The average molecular weight is 603 g/mol. The molecule has 3 aliphatic rings. The fourth-order valence-electron chi connectivity index (χ4n) is 5.44. The van der Waals surface area contributed by atoms with Crippen LogP contribution in [0.5, 0.6) is 0 Å². The Labute approximate surface area is 251 Å². The smallest absolute Gasteiger partial charge is 0.264 e. The fourth-order valence-corrected chi connectivity index (χ4v) is 5.44. The third kappa shape index (κ3) is 9.30. The van der Waals surface area contributed by atoms with Crippen LogP contribution in [0, 0.1) is 5.92 Å². The van der Waals surface area contributed by atoms with Gasteiger partial charge < -0.3 is 29.6 Å². The van der Waals surface area contributed by atoms with Gasteiger partial charge in [0.15, 0.2) is 0 Å². The lowest BCUT2D eigenvalue weighted by Crippen LogP contribution is -2.54. The van der Waals surface area contributed by atoms with Crippen LogP contribution < -0.4 is 16.0 Å². The van der Waals surface area contributed by atoms with Gasteiger partial charge in [-0.15, -0.1) is 0 Å². The zero-order chi connectivity index (χ0) is 30.4. The number of amides is 5. The van der Waals surface area contributed by atoms with Gasteiger partial charge in [-0.3, -0.25) is 34.2 Å². The summed E-state index contributed by atoms with van der Waals surface area (Å²) in [5, 5.41) is 8.27. The van der Waals surface area contributed by atoms with Gasteiger partial charge in [0.25, 0.3) is 11.8 Å². The Hall–Kier alpha value is -3.39. The second-order valence-corrected chi connectivity index (χ2v) is 10.7. The number of imide groups is 2. The molecule has 1 unspecified atom stereocenters. The van der Waals surface area contributed by atoms with Gasteiger partial charge in [0.2, 0.25) is 17.7 Å². The lowest BCUT2D eigenvalue weighted by atomic mass is 9.89. The van der Waals surface area contributed by atoms with Gasteiger partial charge in [-0.05, 0) is 31.4 Å². The number of carbonyl (C=O) groups excluding carboxylic acids is 5. The highest BCUT2D eigenvalue weighted by Crippen LogP contribution is 2.32. The first-order chi connectivity index (χ1) is 21.0. The highest BCUT2D eigenvalue weighted by Gasteiger charge is 2.45. The predicted molar refractivity (Wildman–Crippen MR) is 154 cm³/mol. The summed E-state index contributed by atoms with van der Waals surface area (Å²) in [7, 11) is 0. The Balaban J connectivity index is 0.996. The van der Waals surface area contributed by atoms with Crippen LogP contribution >= 0.6 is 0 Å². The monoisotopic (exact) mass is 602 g/mol. The number of ether oxygens (including phenoxy) is 4. The first kappa shape index (κ1) is 32.5. The van der Waals surface area contributed by atoms with Crippen LogP contribution in [0.25, 0.3) is 0 Å². The molecule has 2 heterocycles. The van der Waals surface area contributed by atoms with Crippen molar-refractivity contribution in [1.82, 2.24) is 15.5 Å². The Morgan fingerprint density at radius 3 is 2.07 bits per heavy atom. The van der Waals surface area contributed by atoms with Crippen LogP contribution in [-0.4, -0.2) is 106 Å². The lowest BCUT2D eigenvalue weighted by Gasteiger charge is -2.27. The number of benzene rings is 1. The van der Waals surface area contributed by atoms with Crippen LogP contribution in [0.15, 0.2) is 18.2 Å². The molecular formula is C30H42N4O9. The first-order valence-electron chi connectivity index (χ1n) is 15.1. The molecule has 1 saturated heterocycles. The molecule has 2 fully saturated rings. The van der Waals surface area contributed by atoms with Crippen molar-refractivity contribution >= 4 is 35.2 Å². The van der Waals surface area contributed by atoms with Gasteiger partial charge in [-0.25, -0.2) is 0 Å². The van der Waals surface area contributed by atoms with Crippen LogP contribution in [0.4, 0.5) is 5.69 Å². The Bertz CT molecular complexity index is 1140. The second-order valence-electron chi connectivity index (χ2n) is 10.7. The summed E-state index contributed by atoms with van der Waals surface area (Å²) >= 11 is 0. The number of rotatable bonds is 18.